The third-order valence-corrected chi connectivity index (χ3v) is 9.73. The number of hydrogen-bond donors (Lipinski definition) is 1. The van der Waals surface area contributed by atoms with Gasteiger partial charge in [0.2, 0.25) is 0 Å². The molecule has 0 aromatic heterocycles. The maximum Gasteiger partial charge on any atom is 0.133 e. The van der Waals surface area contributed by atoms with Crippen LogP contribution in [0.15, 0.2) is 0 Å². The summed E-state index contributed by atoms with van der Waals surface area (Å²) in [5, 5.41) is 10.6. The fourth-order valence-electron chi connectivity index (χ4n) is 8.66. The van der Waals surface area contributed by atoms with Crippen LogP contribution in [0, 0.1) is 46.3 Å². The minimum absolute atomic E-state index is 0.246. The van der Waals surface area contributed by atoms with Gasteiger partial charge in [0, 0.05) is 5.92 Å². The van der Waals surface area contributed by atoms with Crippen molar-refractivity contribution >= 4 is 5.78 Å². The van der Waals surface area contributed by atoms with Gasteiger partial charge in [0.1, 0.15) is 5.78 Å². The number of aliphatic hydroxyl groups is 1. The van der Waals surface area contributed by atoms with Crippen molar-refractivity contribution in [2.75, 3.05) is 0 Å². The molecule has 4 saturated carbocycles. The van der Waals surface area contributed by atoms with Gasteiger partial charge >= 0.3 is 0 Å². The van der Waals surface area contributed by atoms with Crippen LogP contribution in [-0.4, -0.2) is 16.5 Å². The Morgan fingerprint density at radius 1 is 0.960 bits per heavy atom. The normalized spacial score (nSPS) is 58.2. The van der Waals surface area contributed by atoms with Gasteiger partial charge < -0.3 is 5.11 Å². The van der Waals surface area contributed by atoms with E-state index in [1.807, 2.05) is 13.8 Å². The Morgan fingerprint density at radius 2 is 1.68 bits per heavy atom. The van der Waals surface area contributed by atoms with Gasteiger partial charge in [0.15, 0.2) is 0 Å². The van der Waals surface area contributed by atoms with Gasteiger partial charge in [0.25, 0.3) is 0 Å². The molecule has 0 aromatic carbocycles. The summed E-state index contributed by atoms with van der Waals surface area (Å²) in [5.74, 6) is 4.36. The minimum atomic E-state index is -0.443. The van der Waals surface area contributed by atoms with Crippen LogP contribution in [-0.2, 0) is 4.79 Å². The van der Waals surface area contributed by atoms with Crippen LogP contribution in [0.4, 0.5) is 0 Å². The van der Waals surface area contributed by atoms with E-state index in [0.29, 0.717) is 23.0 Å². The Bertz CT molecular complexity index is 566. The van der Waals surface area contributed by atoms with E-state index in [-0.39, 0.29) is 11.3 Å². The van der Waals surface area contributed by atoms with Gasteiger partial charge in [-0.1, -0.05) is 20.8 Å². The molecule has 4 aliphatic rings. The summed E-state index contributed by atoms with van der Waals surface area (Å²) in [4.78, 5) is 12.4. The van der Waals surface area contributed by atoms with Crippen molar-refractivity contribution in [2.24, 2.45) is 46.3 Å². The third kappa shape index (κ3) is 2.49. The van der Waals surface area contributed by atoms with E-state index >= 15 is 0 Å². The van der Waals surface area contributed by atoms with E-state index in [1.54, 1.807) is 0 Å². The van der Waals surface area contributed by atoms with Gasteiger partial charge in [0.05, 0.1) is 5.60 Å². The number of Topliss-reactive ketones (excluding diaryl/α,β-unsaturated/α-hetero) is 1. The Balaban J connectivity index is 1.63. The lowest BCUT2D eigenvalue weighted by atomic mass is 9.44. The highest BCUT2D eigenvalue weighted by atomic mass is 16.3. The maximum atomic E-state index is 12.4. The van der Waals surface area contributed by atoms with E-state index in [4.69, 9.17) is 0 Å². The summed E-state index contributed by atoms with van der Waals surface area (Å²) in [6.07, 6.45) is 9.60. The molecule has 25 heavy (non-hydrogen) atoms. The highest BCUT2D eigenvalue weighted by Crippen LogP contribution is 2.68. The van der Waals surface area contributed by atoms with Crippen molar-refractivity contribution in [3.8, 4) is 0 Å². The standard InChI is InChI=1S/C23H38O2/c1-14-12-19-17-7-6-16-13-21(3,25)10-11-22(16,4)18(17)8-9-23(19,5)20(14)15(2)24/h14,16-20,25H,6-13H2,1-5H3/t14-,16-,17-,18+,19+,20?,21-,22+,23+/m1/s1. The summed E-state index contributed by atoms with van der Waals surface area (Å²) in [5.41, 5.74) is 0.224. The van der Waals surface area contributed by atoms with Crippen molar-refractivity contribution in [1.82, 2.24) is 0 Å². The lowest BCUT2D eigenvalue weighted by Gasteiger charge is -2.61. The van der Waals surface area contributed by atoms with Crippen LogP contribution in [0.5, 0.6) is 0 Å². The molecule has 4 aliphatic carbocycles. The van der Waals surface area contributed by atoms with Crippen molar-refractivity contribution in [3.63, 3.8) is 0 Å². The van der Waals surface area contributed by atoms with E-state index in [2.05, 4.69) is 20.8 Å². The zero-order valence-electron chi connectivity index (χ0n) is 17.0. The lowest BCUT2D eigenvalue weighted by molar-refractivity contribution is -0.150. The predicted octanol–water partition coefficient (Wildman–Crippen LogP) is 5.23. The zero-order valence-corrected chi connectivity index (χ0v) is 17.0. The average molecular weight is 347 g/mol. The molecular weight excluding hydrogens is 308 g/mol. The Hall–Kier alpha value is -0.370. The first-order valence-corrected chi connectivity index (χ1v) is 10.8. The number of carbonyl (C=O) groups excluding carboxylic acids is 1. The number of carbonyl (C=O) groups is 1. The molecule has 0 aromatic rings. The molecule has 0 heterocycles. The minimum Gasteiger partial charge on any atom is -0.390 e. The largest absolute Gasteiger partial charge is 0.390 e. The molecule has 0 amide bonds. The molecule has 2 heteroatoms. The van der Waals surface area contributed by atoms with Gasteiger partial charge in [-0.15, -0.1) is 0 Å². The smallest absolute Gasteiger partial charge is 0.133 e. The van der Waals surface area contributed by atoms with Crippen molar-refractivity contribution in [3.05, 3.63) is 0 Å². The average Bonchev–Trinajstić information content (AvgIpc) is 2.78. The van der Waals surface area contributed by atoms with Crippen LogP contribution < -0.4 is 0 Å². The second-order valence-corrected chi connectivity index (χ2v) is 11.2. The van der Waals surface area contributed by atoms with Crippen molar-refractivity contribution in [2.45, 2.75) is 91.6 Å². The SMILES string of the molecule is CC(=O)C1[C@H](C)C[C@H]2[C@@H]3CC[C@@H]4C[C@](C)(O)CC[C@]4(C)[C@H]3CC[C@]12C. The van der Waals surface area contributed by atoms with Crippen LogP contribution in [0.25, 0.3) is 0 Å². The second-order valence-electron chi connectivity index (χ2n) is 11.2. The van der Waals surface area contributed by atoms with Gasteiger partial charge in [-0.25, -0.2) is 0 Å². The summed E-state index contributed by atoms with van der Waals surface area (Å²) in [6, 6.07) is 0. The van der Waals surface area contributed by atoms with E-state index in [9.17, 15) is 9.90 Å². The quantitative estimate of drug-likeness (QED) is 0.706. The molecule has 9 atom stereocenters. The molecule has 0 bridgehead atoms. The first-order chi connectivity index (χ1) is 11.6. The first-order valence-electron chi connectivity index (χ1n) is 10.8. The summed E-state index contributed by atoms with van der Waals surface area (Å²) < 4.78 is 0. The topological polar surface area (TPSA) is 37.3 Å². The molecule has 4 rings (SSSR count). The first kappa shape index (κ1) is 18.0. The lowest BCUT2D eigenvalue weighted by Crippen LogP contribution is -2.55. The Labute approximate surface area is 154 Å². The van der Waals surface area contributed by atoms with E-state index < -0.39 is 5.60 Å². The molecule has 0 saturated heterocycles. The van der Waals surface area contributed by atoms with E-state index in [1.165, 1.54) is 38.5 Å². The van der Waals surface area contributed by atoms with Crippen LogP contribution >= 0.6 is 0 Å². The van der Waals surface area contributed by atoms with Gasteiger partial charge in [-0.05, 0) is 106 Å². The molecule has 4 fully saturated rings. The molecule has 142 valence electrons. The zero-order chi connectivity index (χ0) is 18.2. The van der Waals surface area contributed by atoms with Crippen LogP contribution in [0.2, 0.25) is 0 Å². The molecule has 1 unspecified atom stereocenters. The summed E-state index contributed by atoms with van der Waals surface area (Å²) >= 11 is 0. The highest BCUT2D eigenvalue weighted by molar-refractivity contribution is 5.80. The molecule has 1 N–H and O–H groups in total. The van der Waals surface area contributed by atoms with Crippen molar-refractivity contribution < 1.29 is 9.90 Å². The Morgan fingerprint density at radius 3 is 2.36 bits per heavy atom. The summed E-state index contributed by atoms with van der Waals surface area (Å²) in [7, 11) is 0. The monoisotopic (exact) mass is 346 g/mol. The number of hydrogen-bond acceptors (Lipinski definition) is 2. The highest BCUT2D eigenvalue weighted by Gasteiger charge is 2.62. The number of fused-ring (bicyclic) bond motifs is 5. The molecule has 2 nitrogen and oxygen atoms in total. The molecular formula is C23H38O2. The molecule has 0 spiro atoms. The van der Waals surface area contributed by atoms with Gasteiger partial charge in [-0.3, -0.25) is 4.79 Å². The number of rotatable bonds is 1. The number of ketones is 1. The van der Waals surface area contributed by atoms with Crippen LogP contribution in [0.3, 0.4) is 0 Å². The maximum absolute atomic E-state index is 12.4. The van der Waals surface area contributed by atoms with Gasteiger partial charge in [-0.2, -0.15) is 0 Å². The third-order valence-electron chi connectivity index (χ3n) is 9.73. The fraction of sp³-hybridized carbons (Fsp3) is 0.957. The fourth-order valence-corrected chi connectivity index (χ4v) is 8.66. The summed E-state index contributed by atoms with van der Waals surface area (Å²) in [6.45, 7) is 11.2. The molecule has 0 radical (unpaired) electrons. The van der Waals surface area contributed by atoms with Crippen LogP contribution in [0.1, 0.15) is 86.0 Å². The van der Waals surface area contributed by atoms with Crippen molar-refractivity contribution in [1.29, 1.82) is 0 Å². The molecule has 0 aliphatic heterocycles. The second kappa shape index (κ2) is 5.57. The van der Waals surface area contributed by atoms with E-state index in [0.717, 1.165) is 30.6 Å². The Kier molecular flexibility index (Phi) is 4.01. The predicted molar refractivity (Wildman–Crippen MR) is 101 cm³/mol.